The Morgan fingerprint density at radius 3 is 2.16 bits per heavy atom. The van der Waals surface area contributed by atoms with Gasteiger partial charge in [-0.15, -0.1) is 0 Å². The van der Waals surface area contributed by atoms with Crippen molar-refractivity contribution in [3.05, 3.63) is 101 Å². The number of carbonyl (C=O) groups is 2. The first-order chi connectivity index (χ1) is 21.7. The maximum Gasteiger partial charge on any atom is 0.274 e. The Labute approximate surface area is 268 Å². The molecule has 0 saturated carbocycles. The van der Waals surface area contributed by atoms with Crippen molar-refractivity contribution in [2.45, 2.75) is 72.4 Å². The molecule has 45 heavy (non-hydrogen) atoms. The minimum atomic E-state index is -0.0505. The number of anilines is 1. The first kappa shape index (κ1) is 32.0. The zero-order valence-electron chi connectivity index (χ0n) is 27.7. The van der Waals surface area contributed by atoms with Crippen molar-refractivity contribution in [1.82, 2.24) is 19.6 Å². The van der Waals surface area contributed by atoms with Crippen LogP contribution >= 0.6 is 0 Å². The second-order valence-electron chi connectivity index (χ2n) is 12.5. The van der Waals surface area contributed by atoms with Crippen LogP contribution < -0.4 is 4.90 Å². The van der Waals surface area contributed by atoms with E-state index in [2.05, 4.69) is 68.1 Å². The van der Waals surface area contributed by atoms with E-state index in [1.54, 1.807) is 4.68 Å². The highest BCUT2D eigenvalue weighted by atomic mass is 16.2. The molecular weight excluding hydrogens is 558 g/mol. The number of benzene rings is 3. The number of nitrogens with zero attached hydrogens (tertiary/aromatic N) is 5. The number of amides is 2. The van der Waals surface area contributed by atoms with E-state index in [1.807, 2.05) is 61.2 Å². The average Bonchev–Trinajstić information content (AvgIpc) is 3.44. The lowest BCUT2D eigenvalue weighted by molar-refractivity contribution is 0.0658. The second kappa shape index (κ2) is 14.1. The zero-order chi connectivity index (χ0) is 32.1. The van der Waals surface area contributed by atoms with E-state index in [9.17, 15) is 9.59 Å². The summed E-state index contributed by atoms with van der Waals surface area (Å²) in [5, 5.41) is 4.84. The van der Waals surface area contributed by atoms with Gasteiger partial charge < -0.3 is 14.7 Å². The molecule has 1 atom stereocenters. The third-order valence-electron chi connectivity index (χ3n) is 8.90. The molecule has 0 spiro atoms. The maximum absolute atomic E-state index is 14.5. The Balaban J connectivity index is 1.56. The highest BCUT2D eigenvalue weighted by molar-refractivity contribution is 6.00. The molecule has 0 N–H and O–H groups in total. The smallest absolute Gasteiger partial charge is 0.274 e. The Morgan fingerprint density at radius 1 is 0.867 bits per heavy atom. The number of aryl methyl sites for hydroxylation is 1. The van der Waals surface area contributed by atoms with Gasteiger partial charge in [-0.3, -0.25) is 9.59 Å². The summed E-state index contributed by atoms with van der Waals surface area (Å²) in [7, 11) is 4.05. The first-order valence-corrected chi connectivity index (χ1v) is 16.4. The van der Waals surface area contributed by atoms with E-state index in [4.69, 9.17) is 5.10 Å². The maximum atomic E-state index is 14.5. The molecule has 2 heterocycles. The first-order valence-electron chi connectivity index (χ1n) is 16.4. The van der Waals surface area contributed by atoms with Crippen LogP contribution in [0.15, 0.2) is 72.8 Å². The van der Waals surface area contributed by atoms with Crippen LogP contribution in [0.5, 0.6) is 0 Å². The van der Waals surface area contributed by atoms with Crippen LogP contribution in [0.4, 0.5) is 5.69 Å². The second-order valence-corrected chi connectivity index (χ2v) is 12.5. The van der Waals surface area contributed by atoms with Crippen molar-refractivity contribution in [3.63, 3.8) is 0 Å². The number of aromatic nitrogens is 2. The van der Waals surface area contributed by atoms with Gasteiger partial charge in [0.25, 0.3) is 11.8 Å². The SMILES string of the molecule is CCCCN(CCCC)C(=O)c1cc(C)n(-c2ccc(-c3ccc(N(C)C)cc3)cc2C(=O)N2Cc3ccccc3C[C@H]2C)n1. The highest BCUT2D eigenvalue weighted by Gasteiger charge is 2.30. The fourth-order valence-electron chi connectivity index (χ4n) is 6.13. The Bertz CT molecular complexity index is 1630. The summed E-state index contributed by atoms with van der Waals surface area (Å²) in [4.78, 5) is 34.2. The topological polar surface area (TPSA) is 61.7 Å². The molecule has 1 aliphatic rings. The fraction of sp³-hybridized carbons (Fsp3) is 0.395. The molecule has 1 aliphatic heterocycles. The number of hydrogen-bond donors (Lipinski definition) is 0. The van der Waals surface area contributed by atoms with Gasteiger partial charge in [-0.05, 0) is 85.7 Å². The molecule has 0 saturated heterocycles. The fourth-order valence-corrected chi connectivity index (χ4v) is 6.13. The van der Waals surface area contributed by atoms with Gasteiger partial charge in [-0.2, -0.15) is 5.10 Å². The van der Waals surface area contributed by atoms with Crippen LogP contribution in [0.25, 0.3) is 16.8 Å². The van der Waals surface area contributed by atoms with Crippen LogP contribution in [-0.4, -0.2) is 64.6 Å². The van der Waals surface area contributed by atoms with Crippen molar-refractivity contribution >= 4 is 17.5 Å². The molecule has 0 bridgehead atoms. The Kier molecular flexibility index (Phi) is 10.1. The van der Waals surface area contributed by atoms with Crippen molar-refractivity contribution < 1.29 is 9.59 Å². The molecule has 0 fully saturated rings. The number of rotatable bonds is 11. The van der Waals surface area contributed by atoms with E-state index < -0.39 is 0 Å². The van der Waals surface area contributed by atoms with Gasteiger partial charge in [0.1, 0.15) is 0 Å². The van der Waals surface area contributed by atoms with Crippen molar-refractivity contribution in [3.8, 4) is 16.8 Å². The molecule has 0 unspecified atom stereocenters. The largest absolute Gasteiger partial charge is 0.378 e. The Hall–Kier alpha value is -4.39. The molecule has 1 aromatic heterocycles. The lowest BCUT2D eigenvalue weighted by atomic mass is 9.93. The van der Waals surface area contributed by atoms with Crippen LogP contribution in [0.1, 0.15) is 84.1 Å². The van der Waals surface area contributed by atoms with Gasteiger partial charge in [0.2, 0.25) is 0 Å². The summed E-state index contributed by atoms with van der Waals surface area (Å²) in [5.41, 5.74) is 8.09. The predicted octanol–water partition coefficient (Wildman–Crippen LogP) is 7.54. The van der Waals surface area contributed by atoms with Crippen molar-refractivity contribution in [2.75, 3.05) is 32.1 Å². The highest BCUT2D eigenvalue weighted by Crippen LogP contribution is 2.31. The normalized spacial score (nSPS) is 14.3. The van der Waals surface area contributed by atoms with Gasteiger partial charge in [0.15, 0.2) is 5.69 Å². The number of hydrogen-bond acceptors (Lipinski definition) is 4. The molecule has 4 aromatic rings. The molecule has 0 aliphatic carbocycles. The molecular formula is C38H47N5O2. The molecule has 0 radical (unpaired) electrons. The van der Waals surface area contributed by atoms with Crippen LogP contribution in [0.2, 0.25) is 0 Å². The molecule has 7 nitrogen and oxygen atoms in total. The number of unbranched alkanes of at least 4 members (excludes halogenated alkanes) is 2. The van der Waals surface area contributed by atoms with Gasteiger partial charge in [0.05, 0.1) is 11.3 Å². The Morgan fingerprint density at radius 2 is 1.51 bits per heavy atom. The third-order valence-corrected chi connectivity index (χ3v) is 8.90. The van der Waals surface area contributed by atoms with E-state index in [-0.39, 0.29) is 17.9 Å². The third kappa shape index (κ3) is 6.98. The van der Waals surface area contributed by atoms with E-state index in [0.717, 1.165) is 67.7 Å². The summed E-state index contributed by atoms with van der Waals surface area (Å²) < 4.78 is 1.78. The average molecular weight is 606 g/mol. The summed E-state index contributed by atoms with van der Waals surface area (Å²) >= 11 is 0. The number of fused-ring (bicyclic) bond motifs is 1. The summed E-state index contributed by atoms with van der Waals surface area (Å²) in [6, 6.07) is 24.7. The predicted molar refractivity (Wildman–Crippen MR) is 183 cm³/mol. The van der Waals surface area contributed by atoms with Gasteiger partial charge >= 0.3 is 0 Å². The molecule has 5 rings (SSSR count). The summed E-state index contributed by atoms with van der Waals surface area (Å²) in [6.07, 6.45) is 4.79. The van der Waals surface area contributed by atoms with Crippen molar-refractivity contribution in [1.29, 1.82) is 0 Å². The monoisotopic (exact) mass is 605 g/mol. The van der Waals surface area contributed by atoms with Gasteiger partial charge in [0, 0.05) is 51.2 Å². The standard InChI is InChI=1S/C38H47N5O2/c1-7-9-21-41(22-10-8-2)38(45)35-24-28(4)43(39-35)36-20-17-31(29-15-18-33(19-16-29)40(5)6)25-34(36)37(44)42-26-32-14-12-11-13-30(32)23-27(42)3/h11-20,24-25,27H,7-10,21-23,26H2,1-6H3/t27-/m1/s1. The van der Waals surface area contributed by atoms with Crippen LogP contribution in [0, 0.1) is 6.92 Å². The lowest BCUT2D eigenvalue weighted by Gasteiger charge is -2.35. The minimum Gasteiger partial charge on any atom is -0.378 e. The van der Waals surface area contributed by atoms with E-state index in [1.165, 1.54) is 11.1 Å². The molecule has 3 aromatic carbocycles. The molecule has 7 heteroatoms. The van der Waals surface area contributed by atoms with Gasteiger partial charge in [-0.25, -0.2) is 4.68 Å². The molecule has 236 valence electrons. The minimum absolute atomic E-state index is 0.0333. The molecule has 2 amide bonds. The van der Waals surface area contributed by atoms with Crippen molar-refractivity contribution in [2.24, 2.45) is 0 Å². The van der Waals surface area contributed by atoms with Crippen LogP contribution in [-0.2, 0) is 13.0 Å². The van der Waals surface area contributed by atoms with E-state index in [0.29, 0.717) is 23.5 Å². The van der Waals surface area contributed by atoms with E-state index >= 15 is 0 Å². The van der Waals surface area contributed by atoms with Gasteiger partial charge in [-0.1, -0.05) is 69.2 Å². The zero-order valence-corrected chi connectivity index (χ0v) is 27.7. The lowest BCUT2D eigenvalue weighted by Crippen LogP contribution is -2.43. The quantitative estimate of drug-likeness (QED) is 0.177. The summed E-state index contributed by atoms with van der Waals surface area (Å²) in [6.45, 7) is 10.4. The van der Waals surface area contributed by atoms with Crippen LogP contribution in [0.3, 0.4) is 0 Å². The summed E-state index contributed by atoms with van der Waals surface area (Å²) in [5.74, 6) is -0.0838. The number of carbonyl (C=O) groups excluding carboxylic acids is 2.